The van der Waals surface area contributed by atoms with Gasteiger partial charge in [0.2, 0.25) is 0 Å². The highest BCUT2D eigenvalue weighted by Crippen LogP contribution is 2.19. The van der Waals surface area contributed by atoms with E-state index in [0.717, 1.165) is 5.56 Å². The van der Waals surface area contributed by atoms with E-state index in [2.05, 4.69) is 30.8 Å². The minimum absolute atomic E-state index is 0.0183. The van der Waals surface area contributed by atoms with Crippen molar-refractivity contribution in [2.24, 2.45) is 0 Å². The van der Waals surface area contributed by atoms with Crippen LogP contribution in [0.25, 0.3) is 5.69 Å². The Morgan fingerprint density at radius 3 is 2.59 bits per heavy atom. The largest absolute Gasteiger partial charge is 0.331 e. The van der Waals surface area contributed by atoms with Crippen molar-refractivity contribution in [3.8, 4) is 5.69 Å². The molecule has 0 unspecified atom stereocenters. The van der Waals surface area contributed by atoms with Gasteiger partial charge < -0.3 is 10.6 Å². The van der Waals surface area contributed by atoms with Gasteiger partial charge in [-0.25, -0.2) is 28.5 Å². The van der Waals surface area contributed by atoms with Crippen molar-refractivity contribution in [1.29, 1.82) is 0 Å². The highest BCUT2D eigenvalue weighted by molar-refractivity contribution is 6.30. The average Bonchev–Trinajstić information content (AvgIpc) is 3.39. The zero-order chi connectivity index (χ0) is 22.5. The molecule has 2 aromatic carbocycles. The number of nitrogens with one attached hydrogen (secondary N) is 2. The first-order valence-electron chi connectivity index (χ1n) is 9.80. The molecule has 2 N–H and O–H groups in total. The Morgan fingerprint density at radius 2 is 1.84 bits per heavy atom. The van der Waals surface area contributed by atoms with Crippen molar-refractivity contribution in [2.45, 2.75) is 26.6 Å². The van der Waals surface area contributed by atoms with Gasteiger partial charge >= 0.3 is 6.03 Å². The average molecular weight is 455 g/mol. The van der Waals surface area contributed by atoms with Gasteiger partial charge in [0.05, 0.1) is 30.3 Å². The molecule has 32 heavy (non-hydrogen) atoms. The SMILES string of the molecule is Cc1nc(CNC(=O)NCc2ncnn2Cc2ccccc2)n(-c2ccc(Cl)c(F)c2)n1. The van der Waals surface area contributed by atoms with Crippen molar-refractivity contribution in [3.05, 3.63) is 88.7 Å². The number of aryl methyl sites for hydroxylation is 1. The maximum Gasteiger partial charge on any atom is 0.315 e. The second-order valence-corrected chi connectivity index (χ2v) is 7.35. The van der Waals surface area contributed by atoms with E-state index >= 15 is 0 Å². The fourth-order valence-corrected chi connectivity index (χ4v) is 3.21. The number of urea groups is 1. The van der Waals surface area contributed by atoms with Crippen LogP contribution in [0.1, 0.15) is 23.0 Å². The highest BCUT2D eigenvalue weighted by Gasteiger charge is 2.13. The number of hydrogen-bond donors (Lipinski definition) is 2. The predicted octanol–water partition coefficient (Wildman–Crippen LogP) is 3.01. The Kier molecular flexibility index (Phi) is 6.41. The van der Waals surface area contributed by atoms with Crippen LogP contribution in [0.3, 0.4) is 0 Å². The predicted molar refractivity (Wildman–Crippen MR) is 116 cm³/mol. The van der Waals surface area contributed by atoms with Crippen molar-refractivity contribution in [3.63, 3.8) is 0 Å². The summed E-state index contributed by atoms with van der Waals surface area (Å²) in [5.74, 6) is 1.01. The Balaban J connectivity index is 1.36. The molecule has 0 aliphatic rings. The van der Waals surface area contributed by atoms with Crippen molar-refractivity contribution >= 4 is 17.6 Å². The first kappa shape index (κ1) is 21.4. The van der Waals surface area contributed by atoms with Gasteiger partial charge in [0.1, 0.15) is 23.8 Å². The van der Waals surface area contributed by atoms with Crippen LogP contribution in [0.15, 0.2) is 54.9 Å². The number of nitrogens with zero attached hydrogens (tertiary/aromatic N) is 6. The lowest BCUT2D eigenvalue weighted by molar-refractivity contribution is 0.239. The molecule has 4 aromatic rings. The zero-order valence-corrected chi connectivity index (χ0v) is 17.9. The first-order chi connectivity index (χ1) is 15.5. The van der Waals surface area contributed by atoms with E-state index < -0.39 is 11.8 Å². The van der Waals surface area contributed by atoms with Gasteiger partial charge in [-0.05, 0) is 24.6 Å². The summed E-state index contributed by atoms with van der Waals surface area (Å²) in [6.45, 7) is 2.56. The molecule has 0 aliphatic carbocycles. The van der Waals surface area contributed by atoms with Crippen LogP contribution in [0.5, 0.6) is 0 Å². The van der Waals surface area contributed by atoms with Crippen molar-refractivity contribution in [2.75, 3.05) is 0 Å². The number of aromatic nitrogens is 6. The molecule has 0 radical (unpaired) electrons. The normalized spacial score (nSPS) is 10.8. The monoisotopic (exact) mass is 454 g/mol. The lowest BCUT2D eigenvalue weighted by atomic mass is 10.2. The molecule has 0 atom stereocenters. The third-order valence-corrected chi connectivity index (χ3v) is 4.92. The Morgan fingerprint density at radius 1 is 1.09 bits per heavy atom. The molecule has 9 nitrogen and oxygen atoms in total. The van der Waals surface area contributed by atoms with Gasteiger partial charge in [-0.15, -0.1) is 0 Å². The summed E-state index contributed by atoms with van der Waals surface area (Å²) in [5, 5.41) is 14.0. The topological polar surface area (TPSA) is 103 Å². The van der Waals surface area contributed by atoms with Gasteiger partial charge in [-0.3, -0.25) is 0 Å². The molecule has 0 aliphatic heterocycles. The van der Waals surface area contributed by atoms with E-state index in [9.17, 15) is 9.18 Å². The maximum atomic E-state index is 13.8. The lowest BCUT2D eigenvalue weighted by Crippen LogP contribution is -2.36. The summed E-state index contributed by atoms with van der Waals surface area (Å²) < 4.78 is 17.0. The van der Waals surface area contributed by atoms with E-state index in [0.29, 0.717) is 29.7 Å². The Hall–Kier alpha value is -3.79. The number of hydrogen-bond acceptors (Lipinski definition) is 5. The zero-order valence-electron chi connectivity index (χ0n) is 17.2. The van der Waals surface area contributed by atoms with Gasteiger partial charge in [0.15, 0.2) is 5.82 Å². The standard InChI is InChI=1S/C21H20ClFN8O/c1-14-28-20(31(29-14)16-7-8-17(22)18(23)9-16)11-25-21(32)24-10-19-26-13-27-30(19)12-15-5-3-2-4-6-15/h2-9,13H,10-12H2,1H3,(H2,24,25,32). The Bertz CT molecular complexity index is 1220. The van der Waals surface area contributed by atoms with Gasteiger partial charge in [0.25, 0.3) is 0 Å². The molecule has 2 heterocycles. The molecule has 11 heteroatoms. The minimum Gasteiger partial charge on any atom is -0.331 e. The number of benzene rings is 2. The fourth-order valence-electron chi connectivity index (χ4n) is 3.09. The summed E-state index contributed by atoms with van der Waals surface area (Å²) in [4.78, 5) is 20.8. The minimum atomic E-state index is -0.561. The molecular formula is C21H20ClFN8O. The molecule has 0 spiro atoms. The van der Waals surface area contributed by atoms with Crippen LogP contribution in [0, 0.1) is 12.7 Å². The molecule has 0 saturated heterocycles. The summed E-state index contributed by atoms with van der Waals surface area (Å²) in [6.07, 6.45) is 1.45. The quantitative estimate of drug-likeness (QED) is 0.447. The van der Waals surface area contributed by atoms with Crippen LogP contribution in [-0.2, 0) is 19.6 Å². The molecule has 0 saturated carbocycles. The van der Waals surface area contributed by atoms with Crippen LogP contribution in [0.2, 0.25) is 5.02 Å². The second-order valence-electron chi connectivity index (χ2n) is 6.94. The number of rotatable bonds is 7. The lowest BCUT2D eigenvalue weighted by Gasteiger charge is -2.10. The summed E-state index contributed by atoms with van der Waals surface area (Å²) in [6, 6.07) is 13.8. The van der Waals surface area contributed by atoms with Crippen LogP contribution in [0.4, 0.5) is 9.18 Å². The first-order valence-corrected chi connectivity index (χ1v) is 10.2. The summed E-state index contributed by atoms with van der Waals surface area (Å²) >= 11 is 5.75. The van der Waals surface area contributed by atoms with E-state index in [1.165, 1.54) is 23.1 Å². The second kappa shape index (κ2) is 9.56. The van der Waals surface area contributed by atoms with E-state index in [4.69, 9.17) is 11.6 Å². The molecule has 4 rings (SSSR count). The van der Waals surface area contributed by atoms with Gasteiger partial charge in [-0.1, -0.05) is 41.9 Å². The van der Waals surface area contributed by atoms with Crippen molar-refractivity contribution < 1.29 is 9.18 Å². The highest BCUT2D eigenvalue weighted by atomic mass is 35.5. The number of carbonyl (C=O) groups excluding carboxylic acids is 1. The fraction of sp³-hybridized carbons (Fsp3) is 0.190. The third-order valence-electron chi connectivity index (χ3n) is 4.61. The number of amides is 2. The van der Waals surface area contributed by atoms with Crippen LogP contribution >= 0.6 is 11.6 Å². The van der Waals surface area contributed by atoms with Crippen LogP contribution < -0.4 is 10.6 Å². The molecule has 2 aromatic heterocycles. The molecule has 2 amide bonds. The Labute approximate surface area is 188 Å². The summed E-state index contributed by atoms with van der Waals surface area (Å²) in [7, 11) is 0. The van der Waals surface area contributed by atoms with E-state index in [1.54, 1.807) is 17.7 Å². The number of halogens is 2. The van der Waals surface area contributed by atoms with E-state index in [-0.39, 0.29) is 18.1 Å². The van der Waals surface area contributed by atoms with Gasteiger partial charge in [0, 0.05) is 6.07 Å². The maximum absolute atomic E-state index is 13.8. The molecule has 164 valence electrons. The van der Waals surface area contributed by atoms with E-state index in [1.807, 2.05) is 30.3 Å². The van der Waals surface area contributed by atoms with Crippen molar-refractivity contribution in [1.82, 2.24) is 40.2 Å². The molecular weight excluding hydrogens is 435 g/mol. The smallest absolute Gasteiger partial charge is 0.315 e. The number of carbonyl (C=O) groups is 1. The molecule has 0 fully saturated rings. The summed E-state index contributed by atoms with van der Waals surface area (Å²) in [5.41, 5.74) is 1.54. The third kappa shape index (κ3) is 5.09. The van der Waals surface area contributed by atoms with Gasteiger partial charge in [-0.2, -0.15) is 10.2 Å². The molecule has 0 bridgehead atoms. The van der Waals surface area contributed by atoms with Crippen LogP contribution in [-0.4, -0.2) is 35.6 Å².